The first-order valence-corrected chi connectivity index (χ1v) is 9.87. The van der Waals surface area contributed by atoms with Gasteiger partial charge in [0.2, 0.25) is 10.0 Å². The van der Waals surface area contributed by atoms with E-state index in [1.165, 1.54) is 32.3 Å². The molecule has 2 rings (SSSR count). The number of carbonyl (C=O) groups excluding carboxylic acids is 2. The average Bonchev–Trinajstić information content (AvgIpc) is 2.62. The summed E-state index contributed by atoms with van der Waals surface area (Å²) < 4.78 is 30.4. The Bertz CT molecular complexity index is 820. The Kier molecular flexibility index (Phi) is 6.80. The lowest BCUT2D eigenvalue weighted by Crippen LogP contribution is -2.26. The molecule has 1 amide bonds. The van der Waals surface area contributed by atoms with Gasteiger partial charge in [0.15, 0.2) is 6.61 Å². The van der Waals surface area contributed by atoms with Crippen LogP contribution in [-0.2, 0) is 24.3 Å². The highest BCUT2D eigenvalue weighted by molar-refractivity contribution is 7.89. The van der Waals surface area contributed by atoms with Crippen molar-refractivity contribution in [2.75, 3.05) is 26.0 Å². The monoisotopic (exact) mass is 400 g/mol. The van der Waals surface area contributed by atoms with Crippen LogP contribution in [0.3, 0.4) is 0 Å². The van der Waals surface area contributed by atoms with Crippen molar-refractivity contribution in [2.24, 2.45) is 5.92 Å². The number of nitrogens with zero attached hydrogens (tertiary/aromatic N) is 1. The molecule has 0 unspecified atom stereocenters. The van der Waals surface area contributed by atoms with Gasteiger partial charge in [0, 0.05) is 14.1 Å². The fourth-order valence-corrected chi connectivity index (χ4v) is 3.51. The topological polar surface area (TPSA) is 92.8 Å². The Labute approximate surface area is 158 Å². The third kappa shape index (κ3) is 5.06. The molecular weight excluding hydrogens is 380 g/mol. The van der Waals surface area contributed by atoms with Crippen LogP contribution in [0.4, 0.5) is 5.69 Å². The van der Waals surface area contributed by atoms with E-state index < -0.39 is 28.5 Å². The van der Waals surface area contributed by atoms with Crippen LogP contribution in [-0.4, -0.2) is 45.3 Å². The van der Waals surface area contributed by atoms with E-state index in [-0.39, 0.29) is 21.5 Å². The van der Waals surface area contributed by atoms with Gasteiger partial charge in [-0.25, -0.2) is 12.7 Å². The molecule has 0 bridgehead atoms. The quantitative estimate of drug-likeness (QED) is 0.584. The van der Waals surface area contributed by atoms with Crippen LogP contribution in [0, 0.1) is 5.92 Å². The first-order chi connectivity index (χ1) is 12.2. The molecule has 0 saturated carbocycles. The van der Waals surface area contributed by atoms with Gasteiger partial charge in [0.05, 0.1) is 21.5 Å². The third-order valence-electron chi connectivity index (χ3n) is 3.94. The van der Waals surface area contributed by atoms with Crippen LogP contribution in [0.1, 0.15) is 19.3 Å². The molecule has 26 heavy (non-hydrogen) atoms. The Balaban J connectivity index is 2.00. The minimum atomic E-state index is -3.66. The molecule has 0 radical (unpaired) electrons. The van der Waals surface area contributed by atoms with E-state index in [1.54, 1.807) is 0 Å². The first-order valence-electron chi connectivity index (χ1n) is 8.05. The second-order valence-electron chi connectivity index (χ2n) is 6.07. The van der Waals surface area contributed by atoms with E-state index >= 15 is 0 Å². The predicted octanol–water partition coefficient (Wildman–Crippen LogP) is 2.43. The van der Waals surface area contributed by atoms with Gasteiger partial charge in [-0.3, -0.25) is 9.59 Å². The van der Waals surface area contributed by atoms with Crippen molar-refractivity contribution in [2.45, 2.75) is 24.2 Å². The molecule has 1 aromatic carbocycles. The Morgan fingerprint density at radius 3 is 2.65 bits per heavy atom. The second-order valence-corrected chi connectivity index (χ2v) is 8.63. The molecule has 0 aliphatic heterocycles. The Hall–Kier alpha value is -1.90. The van der Waals surface area contributed by atoms with Gasteiger partial charge in [-0.05, 0) is 37.5 Å². The molecule has 0 aromatic heterocycles. The number of rotatable bonds is 6. The maximum atomic E-state index is 12.2. The lowest BCUT2D eigenvalue weighted by molar-refractivity contribution is -0.151. The number of anilines is 1. The summed E-state index contributed by atoms with van der Waals surface area (Å²) in [5, 5.41) is 2.66. The summed E-state index contributed by atoms with van der Waals surface area (Å²) in [6.45, 7) is -0.458. The highest BCUT2D eigenvalue weighted by Crippen LogP contribution is 2.26. The molecule has 9 heteroatoms. The minimum Gasteiger partial charge on any atom is -0.455 e. The number of allylic oxidation sites excluding steroid dienone is 2. The van der Waals surface area contributed by atoms with Crippen molar-refractivity contribution < 1.29 is 22.7 Å². The fraction of sp³-hybridized carbons (Fsp3) is 0.412. The molecule has 142 valence electrons. The number of hydrogen-bond acceptors (Lipinski definition) is 5. The van der Waals surface area contributed by atoms with Gasteiger partial charge < -0.3 is 10.1 Å². The molecule has 0 heterocycles. The molecule has 1 N–H and O–H groups in total. The zero-order valence-corrected chi connectivity index (χ0v) is 16.1. The zero-order chi connectivity index (χ0) is 19.3. The molecule has 0 saturated heterocycles. The summed E-state index contributed by atoms with van der Waals surface area (Å²) in [6.07, 6.45) is 6.05. The third-order valence-corrected chi connectivity index (χ3v) is 6.08. The van der Waals surface area contributed by atoms with Gasteiger partial charge in [-0.2, -0.15) is 0 Å². The summed E-state index contributed by atoms with van der Waals surface area (Å²) in [5.41, 5.74) is 0.135. The maximum Gasteiger partial charge on any atom is 0.309 e. The predicted molar refractivity (Wildman–Crippen MR) is 98.4 cm³/mol. The molecule has 7 nitrogen and oxygen atoms in total. The summed E-state index contributed by atoms with van der Waals surface area (Å²) in [5.74, 6) is -1.24. The SMILES string of the molecule is CN(C)S(=O)(=O)c1ccc(Cl)c(NC(=O)COC(=O)[C@@H]2CC=CCC2)c1. The molecular formula is C17H21ClN2O5S. The van der Waals surface area contributed by atoms with Crippen LogP contribution < -0.4 is 5.32 Å². The average molecular weight is 401 g/mol. The number of hydrogen-bond donors (Lipinski definition) is 1. The number of halogens is 1. The van der Waals surface area contributed by atoms with Gasteiger partial charge in [0.1, 0.15) is 0 Å². The smallest absolute Gasteiger partial charge is 0.309 e. The van der Waals surface area contributed by atoms with Gasteiger partial charge in [-0.1, -0.05) is 23.8 Å². The number of benzene rings is 1. The lowest BCUT2D eigenvalue weighted by atomic mass is 9.95. The number of carbonyl (C=O) groups is 2. The van der Waals surface area contributed by atoms with Crippen LogP contribution in [0.5, 0.6) is 0 Å². The summed E-state index contributed by atoms with van der Waals surface area (Å²) in [4.78, 5) is 24.0. The Morgan fingerprint density at radius 2 is 2.04 bits per heavy atom. The number of amides is 1. The van der Waals surface area contributed by atoms with E-state index in [9.17, 15) is 18.0 Å². The number of esters is 1. The van der Waals surface area contributed by atoms with Gasteiger partial charge in [0.25, 0.3) is 5.91 Å². The maximum absolute atomic E-state index is 12.2. The summed E-state index contributed by atoms with van der Waals surface area (Å²) in [6, 6.07) is 4.00. The van der Waals surface area contributed by atoms with Crippen molar-refractivity contribution in [3.05, 3.63) is 35.4 Å². The standard InChI is InChI=1S/C17H21ClN2O5S/c1-20(2)26(23,24)13-8-9-14(18)15(10-13)19-16(21)11-25-17(22)12-6-4-3-5-7-12/h3-4,8-10,12H,5-7,11H2,1-2H3,(H,19,21)/t12-/m1/s1. The molecule has 1 aliphatic rings. The van der Waals surface area contributed by atoms with Crippen molar-refractivity contribution in [3.63, 3.8) is 0 Å². The number of ether oxygens (including phenoxy) is 1. The number of sulfonamides is 1. The van der Waals surface area contributed by atoms with E-state index in [4.69, 9.17) is 16.3 Å². The summed E-state index contributed by atoms with van der Waals surface area (Å²) in [7, 11) is -0.851. The largest absolute Gasteiger partial charge is 0.455 e. The van der Waals surface area contributed by atoms with Crippen LogP contribution in [0.15, 0.2) is 35.2 Å². The molecule has 0 spiro atoms. The highest BCUT2D eigenvalue weighted by Gasteiger charge is 2.22. The van der Waals surface area contributed by atoms with Crippen molar-refractivity contribution >= 4 is 39.2 Å². The summed E-state index contributed by atoms with van der Waals surface area (Å²) >= 11 is 6.02. The van der Waals surface area contributed by atoms with Crippen LogP contribution in [0.2, 0.25) is 5.02 Å². The van der Waals surface area contributed by atoms with Crippen molar-refractivity contribution in [3.8, 4) is 0 Å². The lowest BCUT2D eigenvalue weighted by Gasteiger charge is -2.16. The second kappa shape index (κ2) is 8.66. The van der Waals surface area contributed by atoms with Crippen molar-refractivity contribution in [1.29, 1.82) is 0 Å². The molecule has 1 aromatic rings. The molecule has 0 fully saturated rings. The van der Waals surface area contributed by atoms with E-state index in [2.05, 4.69) is 5.32 Å². The van der Waals surface area contributed by atoms with E-state index in [0.29, 0.717) is 12.8 Å². The number of nitrogens with one attached hydrogen (secondary N) is 1. The Morgan fingerprint density at radius 1 is 1.31 bits per heavy atom. The van der Waals surface area contributed by atoms with E-state index in [0.717, 1.165) is 10.7 Å². The van der Waals surface area contributed by atoms with Gasteiger partial charge in [-0.15, -0.1) is 0 Å². The van der Waals surface area contributed by atoms with Gasteiger partial charge >= 0.3 is 5.97 Å². The highest BCUT2D eigenvalue weighted by atomic mass is 35.5. The zero-order valence-electron chi connectivity index (χ0n) is 14.6. The first kappa shape index (κ1) is 20.4. The van der Waals surface area contributed by atoms with E-state index in [1.807, 2.05) is 12.2 Å². The molecule has 1 atom stereocenters. The molecule has 1 aliphatic carbocycles. The van der Waals surface area contributed by atoms with Crippen LogP contribution in [0.25, 0.3) is 0 Å². The normalized spacial score (nSPS) is 17.2. The van der Waals surface area contributed by atoms with Crippen molar-refractivity contribution in [1.82, 2.24) is 4.31 Å². The van der Waals surface area contributed by atoms with Crippen LogP contribution >= 0.6 is 11.6 Å². The minimum absolute atomic E-state index is 0.00631. The fourth-order valence-electron chi connectivity index (χ4n) is 2.42.